The van der Waals surface area contributed by atoms with E-state index in [1.807, 2.05) is 18.3 Å². The fourth-order valence-corrected chi connectivity index (χ4v) is 3.39. The maximum Gasteiger partial charge on any atom is 0.0594 e. The first kappa shape index (κ1) is 20.2. The molecule has 0 unspecified atom stereocenters. The zero-order valence-corrected chi connectivity index (χ0v) is 16.9. The van der Waals surface area contributed by atoms with E-state index >= 15 is 0 Å². The van der Waals surface area contributed by atoms with Crippen molar-refractivity contribution in [2.24, 2.45) is 5.73 Å². The number of hydrogen-bond acceptors (Lipinski definition) is 6. The van der Waals surface area contributed by atoms with Crippen molar-refractivity contribution in [3.05, 3.63) is 71.3 Å². The largest absolute Gasteiger partial charge is 0.404 e. The molecule has 0 atom stereocenters. The van der Waals surface area contributed by atoms with E-state index in [2.05, 4.69) is 40.3 Å². The number of nitrogens with one attached hydrogen (secondary N) is 1. The normalized spacial score (nSPS) is 15.7. The van der Waals surface area contributed by atoms with Crippen LogP contribution in [0.5, 0.6) is 0 Å². The number of thiocarbonyl (C=S) groups is 1. The Morgan fingerprint density at radius 1 is 1.32 bits per heavy atom. The summed E-state index contributed by atoms with van der Waals surface area (Å²) in [5, 5.41) is 4.92. The number of aryl methyl sites for hydroxylation is 1. The fourth-order valence-electron chi connectivity index (χ4n) is 3.19. The average Bonchev–Trinajstić information content (AvgIpc) is 2.73. The molecule has 5 nitrogen and oxygen atoms in total. The Kier molecular flexibility index (Phi) is 7.31. The molecule has 3 N–H and O–H groups in total. The van der Waals surface area contributed by atoms with Crippen LogP contribution in [0.15, 0.2) is 49.1 Å². The standard InChI is InChI=1S/C22H26N4OS/c1-17-12-21(3-2-19(17)15-26-8-10-27-11-9-26)25-7-4-18-14-24-6-5-22(18)20(13-23)16-28/h2-7,12-14,16,25H,8-11,15,23H2,1H3/b7-4+,20-13?. The van der Waals surface area contributed by atoms with Gasteiger partial charge in [-0.15, -0.1) is 0 Å². The SMILES string of the molecule is Cc1cc(N/C=C/c2cnccc2C(C=S)=CN)ccc1CN1CCOCC1. The zero-order chi connectivity index (χ0) is 19.8. The van der Waals surface area contributed by atoms with Gasteiger partial charge in [0.05, 0.1) is 13.2 Å². The second-order valence-electron chi connectivity index (χ2n) is 6.71. The molecule has 0 aliphatic carbocycles. The maximum atomic E-state index is 5.67. The summed E-state index contributed by atoms with van der Waals surface area (Å²) in [5.41, 5.74) is 12.1. The Bertz CT molecular complexity index is 873. The van der Waals surface area contributed by atoms with Crippen molar-refractivity contribution in [3.63, 3.8) is 0 Å². The summed E-state index contributed by atoms with van der Waals surface area (Å²) in [6, 6.07) is 8.38. The van der Waals surface area contributed by atoms with Crippen LogP contribution in [0.3, 0.4) is 0 Å². The number of anilines is 1. The van der Waals surface area contributed by atoms with Gasteiger partial charge in [0.25, 0.3) is 0 Å². The van der Waals surface area contributed by atoms with Crippen LogP contribution in [0.1, 0.15) is 22.3 Å². The molecule has 2 aromatic rings. The van der Waals surface area contributed by atoms with Gasteiger partial charge < -0.3 is 15.8 Å². The first-order chi connectivity index (χ1) is 13.7. The second kappa shape index (κ2) is 10.1. The number of ether oxygens (including phenoxy) is 1. The molecule has 1 aromatic carbocycles. The molecule has 0 bridgehead atoms. The smallest absolute Gasteiger partial charge is 0.0594 e. The Labute approximate surface area is 171 Å². The molecule has 28 heavy (non-hydrogen) atoms. The van der Waals surface area contributed by atoms with E-state index < -0.39 is 0 Å². The van der Waals surface area contributed by atoms with E-state index in [4.69, 9.17) is 22.7 Å². The lowest BCUT2D eigenvalue weighted by Crippen LogP contribution is -2.35. The maximum absolute atomic E-state index is 5.67. The molecule has 3 rings (SSSR count). The topological polar surface area (TPSA) is 63.4 Å². The third-order valence-corrected chi connectivity index (χ3v) is 5.08. The van der Waals surface area contributed by atoms with Gasteiger partial charge in [0.15, 0.2) is 0 Å². The number of morpholine rings is 1. The minimum atomic E-state index is 0.806. The molecule has 1 saturated heterocycles. The summed E-state index contributed by atoms with van der Waals surface area (Å²) >= 11 is 5.04. The van der Waals surface area contributed by atoms with E-state index in [1.54, 1.807) is 17.8 Å². The minimum Gasteiger partial charge on any atom is -0.404 e. The first-order valence-electron chi connectivity index (χ1n) is 9.35. The quantitative estimate of drug-likeness (QED) is 0.553. The number of rotatable bonds is 7. The van der Waals surface area contributed by atoms with Crippen LogP contribution in [0, 0.1) is 6.92 Å². The van der Waals surface area contributed by atoms with Gasteiger partial charge in [-0.3, -0.25) is 9.88 Å². The van der Waals surface area contributed by atoms with Crippen molar-refractivity contribution < 1.29 is 4.74 Å². The molecule has 2 heterocycles. The van der Waals surface area contributed by atoms with Crippen LogP contribution in [-0.4, -0.2) is 41.6 Å². The van der Waals surface area contributed by atoms with Gasteiger partial charge >= 0.3 is 0 Å². The molecule has 0 amide bonds. The Hall–Kier alpha value is -2.54. The van der Waals surface area contributed by atoms with Gasteiger partial charge in [-0.1, -0.05) is 18.3 Å². The van der Waals surface area contributed by atoms with Crippen LogP contribution >= 0.6 is 12.2 Å². The molecule has 0 radical (unpaired) electrons. The van der Waals surface area contributed by atoms with Crippen molar-refractivity contribution in [2.45, 2.75) is 13.5 Å². The molecule has 0 saturated carbocycles. The Balaban J connectivity index is 1.66. The van der Waals surface area contributed by atoms with Gasteiger partial charge in [0.1, 0.15) is 0 Å². The van der Waals surface area contributed by atoms with Crippen LogP contribution < -0.4 is 11.1 Å². The van der Waals surface area contributed by atoms with Crippen LogP contribution in [-0.2, 0) is 11.3 Å². The third kappa shape index (κ3) is 5.25. The molecular formula is C22H26N4OS. The van der Waals surface area contributed by atoms with Crippen molar-refractivity contribution >= 4 is 34.9 Å². The molecule has 146 valence electrons. The van der Waals surface area contributed by atoms with Crippen molar-refractivity contribution in [1.29, 1.82) is 0 Å². The van der Waals surface area contributed by atoms with Crippen molar-refractivity contribution in [3.8, 4) is 0 Å². The molecular weight excluding hydrogens is 368 g/mol. The summed E-state index contributed by atoms with van der Waals surface area (Å²) in [7, 11) is 0. The monoisotopic (exact) mass is 394 g/mol. The number of allylic oxidation sites excluding steroid dienone is 1. The van der Waals surface area contributed by atoms with Gasteiger partial charge in [-0.25, -0.2) is 0 Å². The second-order valence-corrected chi connectivity index (χ2v) is 6.95. The lowest BCUT2D eigenvalue weighted by molar-refractivity contribution is 0.0341. The number of nitrogens with zero attached hydrogens (tertiary/aromatic N) is 2. The van der Waals surface area contributed by atoms with E-state index in [1.165, 1.54) is 17.3 Å². The number of hydrogen-bond donors (Lipinski definition) is 2. The summed E-state index contributed by atoms with van der Waals surface area (Å²) < 4.78 is 5.42. The van der Waals surface area contributed by atoms with E-state index in [0.717, 1.165) is 55.2 Å². The van der Waals surface area contributed by atoms with Gasteiger partial charge in [0, 0.05) is 66.6 Å². The number of nitrogens with two attached hydrogens (primary N) is 1. The van der Waals surface area contributed by atoms with E-state index in [9.17, 15) is 0 Å². The predicted octanol–water partition coefficient (Wildman–Crippen LogP) is 3.60. The predicted molar refractivity (Wildman–Crippen MR) is 120 cm³/mol. The van der Waals surface area contributed by atoms with Crippen molar-refractivity contribution in [2.75, 3.05) is 31.6 Å². The van der Waals surface area contributed by atoms with Gasteiger partial charge in [-0.05, 0) is 47.9 Å². The molecule has 6 heteroatoms. The lowest BCUT2D eigenvalue weighted by Gasteiger charge is -2.27. The van der Waals surface area contributed by atoms with E-state index in [-0.39, 0.29) is 0 Å². The molecule has 1 aliphatic heterocycles. The average molecular weight is 395 g/mol. The summed E-state index contributed by atoms with van der Waals surface area (Å²) in [6.07, 6.45) is 8.94. The van der Waals surface area contributed by atoms with Crippen molar-refractivity contribution in [1.82, 2.24) is 9.88 Å². The Morgan fingerprint density at radius 2 is 2.14 bits per heavy atom. The van der Waals surface area contributed by atoms with Crippen LogP contribution in [0.25, 0.3) is 11.6 Å². The van der Waals surface area contributed by atoms with E-state index in [0.29, 0.717) is 0 Å². The molecule has 0 spiro atoms. The minimum absolute atomic E-state index is 0.806. The fraction of sp³-hybridized carbons (Fsp3) is 0.273. The zero-order valence-electron chi connectivity index (χ0n) is 16.1. The molecule has 1 aromatic heterocycles. The third-order valence-electron chi connectivity index (χ3n) is 4.82. The number of benzene rings is 1. The highest BCUT2D eigenvalue weighted by Crippen LogP contribution is 2.20. The van der Waals surface area contributed by atoms with Crippen LogP contribution in [0.2, 0.25) is 0 Å². The summed E-state index contributed by atoms with van der Waals surface area (Å²) in [6.45, 7) is 6.76. The summed E-state index contributed by atoms with van der Waals surface area (Å²) in [4.78, 5) is 6.63. The highest BCUT2D eigenvalue weighted by atomic mass is 32.1. The molecule has 1 aliphatic rings. The first-order valence-corrected chi connectivity index (χ1v) is 9.82. The highest BCUT2D eigenvalue weighted by molar-refractivity contribution is 7.79. The number of aromatic nitrogens is 1. The molecule has 1 fully saturated rings. The highest BCUT2D eigenvalue weighted by Gasteiger charge is 2.11. The van der Waals surface area contributed by atoms with Gasteiger partial charge in [0.2, 0.25) is 0 Å². The lowest BCUT2D eigenvalue weighted by atomic mass is 10.0. The number of pyridine rings is 1. The van der Waals surface area contributed by atoms with Crippen LogP contribution in [0.4, 0.5) is 5.69 Å². The summed E-state index contributed by atoms with van der Waals surface area (Å²) in [5.74, 6) is 0. The Morgan fingerprint density at radius 3 is 2.86 bits per heavy atom. The van der Waals surface area contributed by atoms with Gasteiger partial charge in [-0.2, -0.15) is 0 Å².